The molecule has 96 valence electrons. The molecule has 2 unspecified atom stereocenters. The molecular weight excluding hydrogens is 221 g/mol. The Labute approximate surface area is 93.9 Å². The zero-order valence-corrected chi connectivity index (χ0v) is 9.68. The summed E-state index contributed by atoms with van der Waals surface area (Å²) in [4.78, 5) is 2.13. The monoisotopic (exact) mass is 240 g/mol. The van der Waals surface area contributed by atoms with E-state index >= 15 is 0 Å². The molecule has 0 spiro atoms. The van der Waals surface area contributed by atoms with E-state index in [9.17, 15) is 13.2 Å². The molecule has 1 aliphatic heterocycles. The number of hydrogen-bond acceptors (Lipinski definition) is 3. The van der Waals surface area contributed by atoms with Crippen LogP contribution in [0.4, 0.5) is 13.2 Å². The first-order chi connectivity index (χ1) is 7.37. The van der Waals surface area contributed by atoms with Crippen molar-refractivity contribution in [1.82, 2.24) is 10.2 Å². The van der Waals surface area contributed by atoms with Crippen LogP contribution < -0.4 is 5.32 Å². The average Bonchev–Trinajstić information content (AvgIpc) is 2.09. The number of hydrogen-bond donors (Lipinski definition) is 1. The summed E-state index contributed by atoms with van der Waals surface area (Å²) in [5, 5.41) is 2.39. The minimum Gasteiger partial charge on any atom is -0.373 e. The molecule has 0 amide bonds. The van der Waals surface area contributed by atoms with Crippen LogP contribution in [0.15, 0.2) is 0 Å². The second kappa shape index (κ2) is 5.84. The Kier molecular flexibility index (Phi) is 5.01. The standard InChI is InChI=1S/C10H19F3N2O/c1-8-5-15(6-9(2)16-8)4-3-14-7-10(11,12)13/h8-9,14H,3-7H2,1-2H3. The number of alkyl halides is 3. The fourth-order valence-corrected chi connectivity index (χ4v) is 1.93. The van der Waals surface area contributed by atoms with Crippen molar-refractivity contribution >= 4 is 0 Å². The summed E-state index contributed by atoms with van der Waals surface area (Å²) in [5.41, 5.74) is 0. The first-order valence-corrected chi connectivity index (χ1v) is 5.52. The molecule has 1 fully saturated rings. The van der Waals surface area contributed by atoms with E-state index in [1.54, 1.807) is 0 Å². The summed E-state index contributed by atoms with van der Waals surface area (Å²) in [7, 11) is 0. The van der Waals surface area contributed by atoms with Crippen LogP contribution in [0.2, 0.25) is 0 Å². The van der Waals surface area contributed by atoms with Gasteiger partial charge in [0.05, 0.1) is 18.8 Å². The fourth-order valence-electron chi connectivity index (χ4n) is 1.93. The van der Waals surface area contributed by atoms with Gasteiger partial charge in [-0.05, 0) is 13.8 Å². The van der Waals surface area contributed by atoms with Gasteiger partial charge < -0.3 is 10.1 Å². The van der Waals surface area contributed by atoms with Gasteiger partial charge in [-0.2, -0.15) is 13.2 Å². The Hall–Kier alpha value is -0.330. The third-order valence-electron chi connectivity index (χ3n) is 2.43. The lowest BCUT2D eigenvalue weighted by Gasteiger charge is -2.35. The summed E-state index contributed by atoms with van der Waals surface area (Å²) in [6.45, 7) is 5.61. The van der Waals surface area contributed by atoms with Crippen LogP contribution in [-0.2, 0) is 4.74 Å². The van der Waals surface area contributed by atoms with Gasteiger partial charge in [0.1, 0.15) is 0 Å². The van der Waals surface area contributed by atoms with E-state index in [1.165, 1.54) is 0 Å². The molecular formula is C10H19F3N2O. The van der Waals surface area contributed by atoms with Crippen molar-refractivity contribution in [2.45, 2.75) is 32.2 Å². The van der Waals surface area contributed by atoms with Crippen molar-refractivity contribution in [2.75, 3.05) is 32.7 Å². The summed E-state index contributed by atoms with van der Waals surface area (Å²) in [5.74, 6) is 0. The van der Waals surface area contributed by atoms with Gasteiger partial charge in [-0.25, -0.2) is 0 Å². The van der Waals surface area contributed by atoms with Crippen LogP contribution >= 0.6 is 0 Å². The molecule has 6 heteroatoms. The average molecular weight is 240 g/mol. The number of morpholine rings is 1. The predicted molar refractivity (Wildman–Crippen MR) is 55.4 cm³/mol. The van der Waals surface area contributed by atoms with E-state index in [1.807, 2.05) is 13.8 Å². The van der Waals surface area contributed by atoms with E-state index in [2.05, 4.69) is 10.2 Å². The summed E-state index contributed by atoms with van der Waals surface area (Å²) < 4.78 is 41.1. The summed E-state index contributed by atoms with van der Waals surface area (Å²) in [6, 6.07) is 0. The molecule has 0 saturated carbocycles. The lowest BCUT2D eigenvalue weighted by molar-refractivity contribution is -0.125. The first kappa shape index (κ1) is 13.7. The maximum Gasteiger partial charge on any atom is 0.401 e. The van der Waals surface area contributed by atoms with E-state index in [0.29, 0.717) is 13.1 Å². The molecule has 1 saturated heterocycles. The van der Waals surface area contributed by atoms with E-state index in [4.69, 9.17) is 4.74 Å². The SMILES string of the molecule is CC1CN(CCNCC(F)(F)F)CC(C)O1. The molecule has 0 radical (unpaired) electrons. The number of nitrogens with zero attached hydrogens (tertiary/aromatic N) is 1. The van der Waals surface area contributed by atoms with Crippen LogP contribution in [0.25, 0.3) is 0 Å². The Balaban J connectivity index is 2.13. The van der Waals surface area contributed by atoms with Gasteiger partial charge in [0, 0.05) is 26.2 Å². The van der Waals surface area contributed by atoms with Gasteiger partial charge >= 0.3 is 6.18 Å². The molecule has 0 aromatic heterocycles. The quantitative estimate of drug-likeness (QED) is 0.748. The normalized spacial score (nSPS) is 28.3. The van der Waals surface area contributed by atoms with Crippen molar-refractivity contribution in [3.63, 3.8) is 0 Å². The van der Waals surface area contributed by atoms with Crippen LogP contribution in [-0.4, -0.2) is 56.0 Å². The number of rotatable bonds is 4. The molecule has 16 heavy (non-hydrogen) atoms. The lowest BCUT2D eigenvalue weighted by Crippen LogP contribution is -2.48. The highest BCUT2D eigenvalue weighted by molar-refractivity contribution is 4.73. The van der Waals surface area contributed by atoms with Crippen LogP contribution in [0.1, 0.15) is 13.8 Å². The maximum atomic E-state index is 11.8. The Bertz CT molecular complexity index is 201. The van der Waals surface area contributed by atoms with Gasteiger partial charge in [0.2, 0.25) is 0 Å². The van der Waals surface area contributed by atoms with Crippen LogP contribution in [0, 0.1) is 0 Å². The van der Waals surface area contributed by atoms with E-state index in [-0.39, 0.29) is 12.2 Å². The fraction of sp³-hybridized carbons (Fsp3) is 1.00. The molecule has 1 N–H and O–H groups in total. The van der Waals surface area contributed by atoms with Crippen LogP contribution in [0.5, 0.6) is 0 Å². The van der Waals surface area contributed by atoms with Crippen molar-refractivity contribution in [3.05, 3.63) is 0 Å². The Morgan fingerprint density at radius 1 is 1.25 bits per heavy atom. The summed E-state index contributed by atoms with van der Waals surface area (Å²) >= 11 is 0. The van der Waals surface area contributed by atoms with Gasteiger partial charge in [0.15, 0.2) is 0 Å². The highest BCUT2D eigenvalue weighted by Crippen LogP contribution is 2.12. The molecule has 0 bridgehead atoms. The van der Waals surface area contributed by atoms with Crippen molar-refractivity contribution in [1.29, 1.82) is 0 Å². The van der Waals surface area contributed by atoms with Crippen molar-refractivity contribution in [3.8, 4) is 0 Å². The molecule has 1 heterocycles. The molecule has 1 rings (SSSR count). The second-order valence-electron chi connectivity index (χ2n) is 4.31. The lowest BCUT2D eigenvalue weighted by atomic mass is 10.2. The zero-order valence-electron chi connectivity index (χ0n) is 9.68. The molecule has 0 aliphatic carbocycles. The number of ether oxygens (including phenoxy) is 1. The Morgan fingerprint density at radius 2 is 1.81 bits per heavy atom. The zero-order chi connectivity index (χ0) is 12.2. The van der Waals surface area contributed by atoms with Crippen molar-refractivity contribution in [2.24, 2.45) is 0 Å². The number of nitrogens with one attached hydrogen (secondary N) is 1. The highest BCUT2D eigenvalue weighted by Gasteiger charge is 2.26. The molecule has 2 atom stereocenters. The van der Waals surface area contributed by atoms with Gasteiger partial charge in [0.25, 0.3) is 0 Å². The first-order valence-electron chi connectivity index (χ1n) is 5.52. The minimum absolute atomic E-state index is 0.159. The third-order valence-corrected chi connectivity index (χ3v) is 2.43. The van der Waals surface area contributed by atoms with E-state index in [0.717, 1.165) is 13.1 Å². The van der Waals surface area contributed by atoms with Gasteiger partial charge in [-0.3, -0.25) is 4.90 Å². The molecule has 0 aromatic carbocycles. The minimum atomic E-state index is -4.12. The number of halogens is 3. The predicted octanol–water partition coefficient (Wildman–Crippen LogP) is 1.25. The molecule has 0 aromatic rings. The Morgan fingerprint density at radius 3 is 2.31 bits per heavy atom. The topological polar surface area (TPSA) is 24.5 Å². The van der Waals surface area contributed by atoms with Gasteiger partial charge in [-0.1, -0.05) is 0 Å². The van der Waals surface area contributed by atoms with Crippen molar-refractivity contribution < 1.29 is 17.9 Å². The molecule has 3 nitrogen and oxygen atoms in total. The van der Waals surface area contributed by atoms with Crippen LogP contribution in [0.3, 0.4) is 0 Å². The maximum absolute atomic E-state index is 11.8. The largest absolute Gasteiger partial charge is 0.401 e. The highest BCUT2D eigenvalue weighted by atomic mass is 19.4. The summed E-state index contributed by atoms with van der Waals surface area (Å²) in [6.07, 6.45) is -3.80. The van der Waals surface area contributed by atoms with Gasteiger partial charge in [-0.15, -0.1) is 0 Å². The second-order valence-corrected chi connectivity index (χ2v) is 4.31. The smallest absolute Gasteiger partial charge is 0.373 e. The van der Waals surface area contributed by atoms with E-state index < -0.39 is 12.7 Å². The molecule has 1 aliphatic rings. The third kappa shape index (κ3) is 5.67.